The standard InChI is InChI=1S/C20H19NO3/c22-20(23-16-9-11-21-12-10-16)24-17-8-7-15-6-5-14-3-1-2-4-18(14)19(15)13-17/h1-8,13,16,21H,9-12H2. The number of hydrogen-bond acceptors (Lipinski definition) is 4. The molecular weight excluding hydrogens is 302 g/mol. The Morgan fingerprint density at radius 1 is 0.917 bits per heavy atom. The second-order valence-corrected chi connectivity index (χ2v) is 6.09. The van der Waals surface area contributed by atoms with Crippen LogP contribution in [0.4, 0.5) is 4.79 Å². The highest BCUT2D eigenvalue weighted by molar-refractivity contribution is 6.07. The van der Waals surface area contributed by atoms with Crippen molar-refractivity contribution >= 4 is 27.7 Å². The van der Waals surface area contributed by atoms with Crippen LogP contribution in [0.15, 0.2) is 54.6 Å². The molecule has 1 aliphatic rings. The highest BCUT2D eigenvalue weighted by Gasteiger charge is 2.18. The lowest BCUT2D eigenvalue weighted by atomic mass is 10.0. The van der Waals surface area contributed by atoms with Gasteiger partial charge in [0.05, 0.1) is 0 Å². The monoisotopic (exact) mass is 321 g/mol. The molecule has 0 aromatic heterocycles. The van der Waals surface area contributed by atoms with E-state index in [1.54, 1.807) is 6.07 Å². The first-order valence-electron chi connectivity index (χ1n) is 8.30. The van der Waals surface area contributed by atoms with Gasteiger partial charge in [-0.05, 0) is 59.6 Å². The molecule has 0 aliphatic carbocycles. The van der Waals surface area contributed by atoms with Crippen LogP contribution in [0.1, 0.15) is 12.8 Å². The maximum absolute atomic E-state index is 12.0. The molecule has 0 atom stereocenters. The molecule has 0 spiro atoms. The highest BCUT2D eigenvalue weighted by atomic mass is 16.7. The largest absolute Gasteiger partial charge is 0.514 e. The van der Waals surface area contributed by atoms with Crippen LogP contribution in [-0.2, 0) is 4.74 Å². The van der Waals surface area contributed by atoms with Gasteiger partial charge in [0.25, 0.3) is 0 Å². The Balaban J connectivity index is 1.57. The number of nitrogens with one attached hydrogen (secondary N) is 1. The minimum Gasteiger partial charge on any atom is -0.431 e. The van der Waals surface area contributed by atoms with Gasteiger partial charge in [-0.25, -0.2) is 4.79 Å². The fourth-order valence-corrected chi connectivity index (χ4v) is 3.21. The van der Waals surface area contributed by atoms with Crippen molar-refractivity contribution in [1.29, 1.82) is 0 Å². The number of carbonyl (C=O) groups excluding carboxylic acids is 1. The molecule has 1 N–H and O–H groups in total. The summed E-state index contributed by atoms with van der Waals surface area (Å²) in [5.41, 5.74) is 0. The Labute approximate surface area is 140 Å². The molecule has 1 aliphatic heterocycles. The van der Waals surface area contributed by atoms with E-state index in [0.717, 1.165) is 42.1 Å². The molecule has 3 aromatic carbocycles. The second kappa shape index (κ2) is 6.49. The van der Waals surface area contributed by atoms with E-state index in [9.17, 15) is 4.79 Å². The predicted octanol–water partition coefficient (Wildman–Crippen LogP) is 4.26. The minimum absolute atomic E-state index is 0.0555. The van der Waals surface area contributed by atoms with Gasteiger partial charge in [0.2, 0.25) is 0 Å². The molecule has 1 heterocycles. The summed E-state index contributed by atoms with van der Waals surface area (Å²) in [5, 5.41) is 7.74. The highest BCUT2D eigenvalue weighted by Crippen LogP contribution is 2.28. The van der Waals surface area contributed by atoms with Gasteiger partial charge in [0.1, 0.15) is 11.9 Å². The molecule has 4 nitrogen and oxygen atoms in total. The van der Waals surface area contributed by atoms with E-state index in [1.807, 2.05) is 24.3 Å². The van der Waals surface area contributed by atoms with Gasteiger partial charge < -0.3 is 14.8 Å². The normalized spacial score (nSPS) is 15.5. The number of piperidine rings is 1. The van der Waals surface area contributed by atoms with Gasteiger partial charge in [-0.1, -0.05) is 42.5 Å². The first kappa shape index (κ1) is 15.0. The average Bonchev–Trinajstić information content (AvgIpc) is 2.62. The van der Waals surface area contributed by atoms with Crippen LogP contribution in [0.5, 0.6) is 5.75 Å². The Morgan fingerprint density at radius 2 is 1.62 bits per heavy atom. The van der Waals surface area contributed by atoms with Crippen molar-refractivity contribution in [1.82, 2.24) is 5.32 Å². The molecule has 4 heteroatoms. The summed E-state index contributed by atoms with van der Waals surface area (Å²) in [6.07, 6.45) is 0.982. The van der Waals surface area contributed by atoms with Gasteiger partial charge in [-0.3, -0.25) is 0 Å². The van der Waals surface area contributed by atoms with Crippen molar-refractivity contribution in [3.05, 3.63) is 54.6 Å². The van der Waals surface area contributed by atoms with E-state index in [0.29, 0.717) is 5.75 Å². The van der Waals surface area contributed by atoms with Crippen LogP contribution in [0.25, 0.3) is 21.5 Å². The van der Waals surface area contributed by atoms with Gasteiger partial charge in [0.15, 0.2) is 0 Å². The van der Waals surface area contributed by atoms with Crippen molar-refractivity contribution in [2.75, 3.05) is 13.1 Å². The van der Waals surface area contributed by atoms with Crippen LogP contribution in [0.3, 0.4) is 0 Å². The molecule has 122 valence electrons. The summed E-state index contributed by atoms with van der Waals surface area (Å²) in [6, 6.07) is 18.0. The second-order valence-electron chi connectivity index (χ2n) is 6.09. The quantitative estimate of drug-likeness (QED) is 0.435. The maximum atomic E-state index is 12.0. The van der Waals surface area contributed by atoms with Crippen LogP contribution in [-0.4, -0.2) is 25.3 Å². The van der Waals surface area contributed by atoms with Gasteiger partial charge in [0, 0.05) is 0 Å². The lowest BCUT2D eigenvalue weighted by Gasteiger charge is -2.22. The molecule has 0 bridgehead atoms. The molecule has 0 saturated carbocycles. The van der Waals surface area contributed by atoms with Crippen LogP contribution in [0, 0.1) is 0 Å². The zero-order valence-electron chi connectivity index (χ0n) is 13.3. The summed E-state index contributed by atoms with van der Waals surface area (Å²) < 4.78 is 10.8. The lowest BCUT2D eigenvalue weighted by Crippen LogP contribution is -2.34. The molecule has 0 unspecified atom stereocenters. The Bertz CT molecular complexity index is 884. The van der Waals surface area contributed by atoms with Crippen LogP contribution >= 0.6 is 0 Å². The van der Waals surface area contributed by atoms with Crippen molar-refractivity contribution < 1.29 is 14.3 Å². The summed E-state index contributed by atoms with van der Waals surface area (Å²) >= 11 is 0. The molecule has 24 heavy (non-hydrogen) atoms. The molecule has 1 saturated heterocycles. The third-order valence-electron chi connectivity index (χ3n) is 4.47. The SMILES string of the molecule is O=C(Oc1ccc2ccc3ccccc3c2c1)OC1CCNCC1. The van der Waals surface area contributed by atoms with Crippen LogP contribution in [0.2, 0.25) is 0 Å². The molecule has 0 radical (unpaired) electrons. The average molecular weight is 321 g/mol. The number of benzene rings is 3. The molecule has 3 aromatic rings. The first-order chi connectivity index (χ1) is 11.8. The topological polar surface area (TPSA) is 47.6 Å². The number of carbonyl (C=O) groups is 1. The van der Waals surface area contributed by atoms with E-state index >= 15 is 0 Å². The third-order valence-corrected chi connectivity index (χ3v) is 4.47. The van der Waals surface area contributed by atoms with E-state index in [-0.39, 0.29) is 6.10 Å². The zero-order valence-corrected chi connectivity index (χ0v) is 13.3. The van der Waals surface area contributed by atoms with E-state index in [4.69, 9.17) is 9.47 Å². The molecule has 0 amide bonds. The Kier molecular flexibility index (Phi) is 4.05. The van der Waals surface area contributed by atoms with E-state index in [2.05, 4.69) is 29.6 Å². The number of fused-ring (bicyclic) bond motifs is 3. The first-order valence-corrected chi connectivity index (χ1v) is 8.30. The fraction of sp³-hybridized carbons (Fsp3) is 0.250. The van der Waals surface area contributed by atoms with E-state index < -0.39 is 6.16 Å². The predicted molar refractivity (Wildman–Crippen MR) is 94.5 cm³/mol. The third kappa shape index (κ3) is 3.05. The lowest BCUT2D eigenvalue weighted by molar-refractivity contribution is 0.0449. The van der Waals surface area contributed by atoms with Crippen molar-refractivity contribution in [2.45, 2.75) is 18.9 Å². The van der Waals surface area contributed by atoms with Gasteiger partial charge >= 0.3 is 6.16 Å². The summed E-state index contributed by atoms with van der Waals surface area (Å²) in [5.74, 6) is 0.512. The number of ether oxygens (including phenoxy) is 2. The molecular formula is C20H19NO3. The van der Waals surface area contributed by atoms with Gasteiger partial charge in [-0.15, -0.1) is 0 Å². The van der Waals surface area contributed by atoms with Crippen LogP contribution < -0.4 is 10.1 Å². The van der Waals surface area contributed by atoms with Gasteiger partial charge in [-0.2, -0.15) is 0 Å². The van der Waals surface area contributed by atoms with Crippen molar-refractivity contribution in [3.8, 4) is 5.75 Å². The Morgan fingerprint density at radius 3 is 2.46 bits per heavy atom. The molecule has 1 fully saturated rings. The van der Waals surface area contributed by atoms with E-state index in [1.165, 1.54) is 5.39 Å². The maximum Gasteiger partial charge on any atom is 0.514 e. The number of rotatable bonds is 2. The summed E-state index contributed by atoms with van der Waals surface area (Å²) in [4.78, 5) is 12.0. The minimum atomic E-state index is -0.624. The summed E-state index contributed by atoms with van der Waals surface area (Å²) in [7, 11) is 0. The van der Waals surface area contributed by atoms with Crippen molar-refractivity contribution in [2.24, 2.45) is 0 Å². The van der Waals surface area contributed by atoms with Crippen molar-refractivity contribution in [3.63, 3.8) is 0 Å². The Hall–Kier alpha value is -2.59. The smallest absolute Gasteiger partial charge is 0.431 e. The number of hydrogen-bond donors (Lipinski definition) is 1. The summed E-state index contributed by atoms with van der Waals surface area (Å²) in [6.45, 7) is 1.75. The fourth-order valence-electron chi connectivity index (χ4n) is 3.21. The molecule has 4 rings (SSSR count). The zero-order chi connectivity index (χ0) is 16.4.